The highest BCUT2D eigenvalue weighted by molar-refractivity contribution is 7.81. The molecule has 0 radical (unpaired) electrons. The molecule has 0 atom stereocenters. The average Bonchev–Trinajstić information content (AvgIpc) is 2.77. The maximum Gasteiger partial charge on any atom is 0.153 e. The molecule has 60 valence electrons. The van der Waals surface area contributed by atoms with E-state index in [2.05, 4.69) is 29.8 Å². The third-order valence-corrected chi connectivity index (χ3v) is 1.60. The van der Waals surface area contributed by atoms with Gasteiger partial charge < -0.3 is 9.05 Å². The highest BCUT2D eigenvalue weighted by atomic mass is 32.1. The molecule has 0 amide bonds. The Kier molecular flexibility index (Phi) is 1.63. The molecule has 0 aliphatic carbocycles. The Morgan fingerprint density at radius 3 is 1.92 bits per heavy atom. The summed E-state index contributed by atoms with van der Waals surface area (Å²) in [6, 6.07) is 0. The lowest BCUT2D eigenvalue weighted by molar-refractivity contribution is 0.392. The van der Waals surface area contributed by atoms with Crippen LogP contribution < -0.4 is 0 Å². The van der Waals surface area contributed by atoms with E-state index < -0.39 is 0 Å². The second-order valence-electron chi connectivity index (χ2n) is 1.91. The summed E-state index contributed by atoms with van der Waals surface area (Å²) in [6.45, 7) is 0. The number of nitrogens with zero attached hydrogens (tertiary/aromatic N) is 4. The van der Waals surface area contributed by atoms with Gasteiger partial charge >= 0.3 is 0 Å². The number of hydrogen-bond acceptors (Lipinski definition) is 7. The molecule has 0 spiro atoms. The van der Waals surface area contributed by atoms with Crippen molar-refractivity contribution >= 4 is 17.1 Å². The Labute approximate surface area is 71.5 Å². The van der Waals surface area contributed by atoms with Crippen LogP contribution in [0.4, 0.5) is 0 Å². The molecular weight excluding hydrogens is 180 g/mol. The molecule has 2 aromatic rings. The van der Waals surface area contributed by atoms with Gasteiger partial charge in [-0.1, -0.05) is 12.2 Å². The molecular formula is C5H2N4O2S. The van der Waals surface area contributed by atoms with Crippen molar-refractivity contribution in [2.75, 3.05) is 0 Å². The maximum atomic E-state index is 4.97. The molecule has 2 aromatic heterocycles. The fourth-order valence-electron chi connectivity index (χ4n) is 0.658. The minimum absolute atomic E-state index is 0.400. The van der Waals surface area contributed by atoms with E-state index >= 15 is 0 Å². The van der Waals surface area contributed by atoms with Gasteiger partial charge in [0.1, 0.15) is 11.4 Å². The fraction of sp³-hybridized carbons (Fsp3) is 0. The summed E-state index contributed by atoms with van der Waals surface area (Å²) in [5.41, 5.74) is 0.890. The Hall–Kier alpha value is -1.63. The van der Waals surface area contributed by atoms with Crippen LogP contribution in [0.2, 0.25) is 0 Å². The Balaban J connectivity index is 2.34. The fourth-order valence-corrected chi connectivity index (χ4v) is 0.836. The third-order valence-electron chi connectivity index (χ3n) is 1.19. The molecule has 2 rings (SSSR count). The lowest BCUT2D eigenvalue weighted by Gasteiger charge is -1.86. The minimum atomic E-state index is 0.400. The molecule has 0 saturated carbocycles. The predicted molar refractivity (Wildman–Crippen MR) is 39.4 cm³/mol. The van der Waals surface area contributed by atoms with E-state index in [0.29, 0.717) is 16.3 Å². The molecule has 2 heterocycles. The van der Waals surface area contributed by atoms with Gasteiger partial charge in [0, 0.05) is 10.5 Å². The molecule has 12 heavy (non-hydrogen) atoms. The van der Waals surface area contributed by atoms with Gasteiger partial charge in [0.2, 0.25) is 0 Å². The first-order chi connectivity index (χ1) is 5.88. The van der Waals surface area contributed by atoms with E-state index in [1.807, 2.05) is 0 Å². The van der Waals surface area contributed by atoms with Crippen molar-refractivity contribution < 1.29 is 9.05 Å². The van der Waals surface area contributed by atoms with Crippen molar-refractivity contribution in [3.05, 3.63) is 23.9 Å². The van der Waals surface area contributed by atoms with Crippen molar-refractivity contribution in [3.63, 3.8) is 0 Å². The summed E-state index contributed by atoms with van der Waals surface area (Å²) in [7, 11) is 0. The Morgan fingerprint density at radius 1 is 1.08 bits per heavy atom. The van der Waals surface area contributed by atoms with Crippen molar-refractivity contribution in [2.24, 2.45) is 0 Å². The SMILES string of the molecule is S=C(c1conn1)c1conn1. The van der Waals surface area contributed by atoms with Gasteiger partial charge in [-0.05, 0) is 0 Å². The zero-order chi connectivity index (χ0) is 8.39. The van der Waals surface area contributed by atoms with Crippen molar-refractivity contribution in [1.29, 1.82) is 0 Å². The monoisotopic (exact) mass is 182 g/mol. The number of rotatable bonds is 2. The van der Waals surface area contributed by atoms with Crippen molar-refractivity contribution in [3.8, 4) is 0 Å². The van der Waals surface area contributed by atoms with E-state index in [4.69, 9.17) is 12.2 Å². The van der Waals surface area contributed by atoms with Gasteiger partial charge in [-0.2, -0.15) is 0 Å². The number of aromatic nitrogens is 4. The zero-order valence-electron chi connectivity index (χ0n) is 5.67. The van der Waals surface area contributed by atoms with Crippen LogP contribution in [-0.2, 0) is 0 Å². The highest BCUT2D eigenvalue weighted by Gasteiger charge is 2.11. The molecule has 0 aliphatic rings. The second-order valence-corrected chi connectivity index (χ2v) is 2.32. The number of thiocarbonyl (C=S) groups is 1. The first-order valence-corrected chi connectivity index (χ1v) is 3.37. The van der Waals surface area contributed by atoms with E-state index in [9.17, 15) is 0 Å². The number of hydrogen-bond donors (Lipinski definition) is 0. The van der Waals surface area contributed by atoms with Gasteiger partial charge in [-0.3, -0.25) is 0 Å². The van der Waals surface area contributed by atoms with Crippen LogP contribution in [0.25, 0.3) is 0 Å². The third kappa shape index (κ3) is 1.10. The van der Waals surface area contributed by atoms with Gasteiger partial charge in [0.15, 0.2) is 12.5 Å². The first-order valence-electron chi connectivity index (χ1n) is 2.97. The molecule has 7 heteroatoms. The molecule has 0 aliphatic heterocycles. The molecule has 0 N–H and O–H groups in total. The van der Waals surface area contributed by atoms with Crippen LogP contribution >= 0.6 is 12.2 Å². The normalized spacial score (nSPS) is 10.0. The van der Waals surface area contributed by atoms with Gasteiger partial charge in [-0.15, -0.1) is 10.2 Å². The molecule has 0 unspecified atom stereocenters. The molecule has 0 bridgehead atoms. The standard InChI is InChI=1S/C5H2N4O2S/c12-5(3-1-10-8-6-3)4-2-11-9-7-4/h1-2H. The summed E-state index contributed by atoms with van der Waals surface area (Å²) in [4.78, 5) is 0.400. The van der Waals surface area contributed by atoms with Gasteiger partial charge in [0.05, 0.1) is 4.86 Å². The van der Waals surface area contributed by atoms with Crippen LogP contribution in [0.1, 0.15) is 11.4 Å². The summed E-state index contributed by atoms with van der Waals surface area (Å²) >= 11 is 4.97. The zero-order valence-corrected chi connectivity index (χ0v) is 6.48. The van der Waals surface area contributed by atoms with E-state index in [-0.39, 0.29) is 0 Å². The minimum Gasteiger partial charge on any atom is -0.345 e. The first kappa shape index (κ1) is 7.04. The lowest BCUT2D eigenvalue weighted by atomic mass is 10.3. The smallest absolute Gasteiger partial charge is 0.153 e. The van der Waals surface area contributed by atoms with Gasteiger partial charge in [-0.25, -0.2) is 0 Å². The predicted octanol–water partition coefficient (Wildman–Crippen LogP) is 0.219. The lowest BCUT2D eigenvalue weighted by Crippen LogP contribution is -2.00. The van der Waals surface area contributed by atoms with Crippen LogP contribution in [0.5, 0.6) is 0 Å². The Bertz CT molecular complexity index is 332. The van der Waals surface area contributed by atoms with Crippen LogP contribution in [0.3, 0.4) is 0 Å². The summed E-state index contributed by atoms with van der Waals surface area (Å²) in [6.07, 6.45) is 2.66. The van der Waals surface area contributed by atoms with Crippen molar-refractivity contribution in [1.82, 2.24) is 20.7 Å². The van der Waals surface area contributed by atoms with Crippen LogP contribution in [0.15, 0.2) is 21.6 Å². The highest BCUT2D eigenvalue weighted by Crippen LogP contribution is 2.03. The maximum absolute atomic E-state index is 4.97. The Morgan fingerprint density at radius 2 is 1.58 bits per heavy atom. The topological polar surface area (TPSA) is 77.8 Å². The summed E-state index contributed by atoms with van der Waals surface area (Å²) in [5.74, 6) is 0. The van der Waals surface area contributed by atoms with Gasteiger partial charge in [0.25, 0.3) is 0 Å². The van der Waals surface area contributed by atoms with E-state index in [0.717, 1.165) is 0 Å². The van der Waals surface area contributed by atoms with E-state index in [1.165, 1.54) is 12.5 Å². The second kappa shape index (κ2) is 2.78. The summed E-state index contributed by atoms with van der Waals surface area (Å²) in [5, 5.41) is 13.7. The molecule has 0 fully saturated rings. The van der Waals surface area contributed by atoms with Crippen LogP contribution in [0, 0.1) is 0 Å². The molecule has 0 saturated heterocycles. The van der Waals surface area contributed by atoms with Crippen molar-refractivity contribution in [2.45, 2.75) is 0 Å². The van der Waals surface area contributed by atoms with Crippen LogP contribution in [-0.4, -0.2) is 25.6 Å². The summed E-state index contributed by atoms with van der Waals surface area (Å²) < 4.78 is 9.01. The molecule has 0 aromatic carbocycles. The molecule has 6 nitrogen and oxygen atoms in total. The van der Waals surface area contributed by atoms with E-state index in [1.54, 1.807) is 0 Å². The quantitative estimate of drug-likeness (QED) is 0.485. The largest absolute Gasteiger partial charge is 0.345 e. The average molecular weight is 182 g/mol.